The van der Waals surface area contributed by atoms with Crippen LogP contribution >= 0.6 is 0 Å². The van der Waals surface area contributed by atoms with Crippen LogP contribution in [0.1, 0.15) is 67.8 Å². The van der Waals surface area contributed by atoms with Crippen molar-refractivity contribution in [2.24, 2.45) is 11.8 Å². The van der Waals surface area contributed by atoms with Gasteiger partial charge in [-0.3, -0.25) is 4.79 Å². The minimum Gasteiger partial charge on any atom is -0.454 e. The van der Waals surface area contributed by atoms with Crippen molar-refractivity contribution < 1.29 is 13.9 Å². The fourth-order valence-electron chi connectivity index (χ4n) is 4.43. The number of carbonyl (C=O) groups is 1. The van der Waals surface area contributed by atoms with Crippen LogP contribution in [-0.2, 0) is 0 Å². The van der Waals surface area contributed by atoms with E-state index in [2.05, 4.69) is 26.0 Å². The van der Waals surface area contributed by atoms with Gasteiger partial charge in [0, 0.05) is 19.7 Å². The summed E-state index contributed by atoms with van der Waals surface area (Å²) in [5.74, 6) is 2.06. The van der Waals surface area contributed by atoms with E-state index in [0.29, 0.717) is 23.1 Å². The lowest BCUT2D eigenvalue weighted by Crippen LogP contribution is -2.21. The van der Waals surface area contributed by atoms with Gasteiger partial charge in [0.05, 0.1) is 0 Å². The van der Waals surface area contributed by atoms with E-state index in [4.69, 9.17) is 4.74 Å². The van der Waals surface area contributed by atoms with E-state index in [0.717, 1.165) is 5.92 Å². The van der Waals surface area contributed by atoms with Gasteiger partial charge in [-0.2, -0.15) is 0 Å². The molecule has 3 nitrogen and oxygen atoms in total. The Balaban J connectivity index is 1.70. The van der Waals surface area contributed by atoms with E-state index < -0.39 is 5.82 Å². The minimum atomic E-state index is -0.537. The molecule has 3 atom stereocenters. The highest BCUT2D eigenvalue weighted by Crippen LogP contribution is 2.42. The third-order valence-corrected chi connectivity index (χ3v) is 6.12. The third kappa shape index (κ3) is 5.17. The van der Waals surface area contributed by atoms with Gasteiger partial charge in [0.1, 0.15) is 5.75 Å². The predicted octanol–water partition coefficient (Wildman–Crippen LogP) is 6.64. The molecule has 1 amide bonds. The molecule has 0 radical (unpaired) electrons. The number of nitrogens with zero attached hydrogens (tertiary/aromatic N) is 1. The first-order chi connectivity index (χ1) is 13.9. The maximum absolute atomic E-state index is 14.4. The molecule has 29 heavy (non-hydrogen) atoms. The molecule has 0 N–H and O–H groups in total. The zero-order valence-corrected chi connectivity index (χ0v) is 18.0. The molecule has 1 aliphatic carbocycles. The monoisotopic (exact) mass is 397 g/mol. The molecule has 1 aliphatic rings. The molecular formula is C25H32FNO2. The number of amides is 1. The van der Waals surface area contributed by atoms with Crippen molar-refractivity contribution in [1.29, 1.82) is 0 Å². The Labute approximate surface area is 173 Å². The molecular weight excluding hydrogens is 365 g/mol. The molecule has 2 aromatic carbocycles. The molecule has 0 heterocycles. The van der Waals surface area contributed by atoms with Gasteiger partial charge in [-0.1, -0.05) is 45.2 Å². The second kappa shape index (κ2) is 9.43. The third-order valence-electron chi connectivity index (χ3n) is 6.12. The van der Waals surface area contributed by atoms with Gasteiger partial charge < -0.3 is 9.64 Å². The highest BCUT2D eigenvalue weighted by Gasteiger charge is 2.28. The molecule has 1 fully saturated rings. The van der Waals surface area contributed by atoms with Gasteiger partial charge in [0.15, 0.2) is 11.6 Å². The fraction of sp³-hybridized carbons (Fsp3) is 0.480. The van der Waals surface area contributed by atoms with E-state index in [1.54, 1.807) is 20.2 Å². The van der Waals surface area contributed by atoms with Crippen LogP contribution in [0.2, 0.25) is 0 Å². The van der Waals surface area contributed by atoms with E-state index in [1.807, 2.05) is 12.1 Å². The highest BCUT2D eigenvalue weighted by molar-refractivity contribution is 5.94. The smallest absolute Gasteiger partial charge is 0.253 e. The first kappa shape index (κ1) is 21.4. The number of hydrogen-bond acceptors (Lipinski definition) is 2. The van der Waals surface area contributed by atoms with Crippen LogP contribution in [0.5, 0.6) is 11.5 Å². The Hall–Kier alpha value is -2.36. The highest BCUT2D eigenvalue weighted by atomic mass is 19.1. The number of rotatable bonds is 6. The maximum Gasteiger partial charge on any atom is 0.253 e. The summed E-state index contributed by atoms with van der Waals surface area (Å²) in [4.78, 5) is 13.4. The Kier molecular flexibility index (Phi) is 6.94. The molecule has 0 spiro atoms. The SMILES string of the molecule is CCCC1CCC(C)C(c2ccc(Oc3ccc(C(=O)N(C)C)cc3F)cc2)C1. The summed E-state index contributed by atoms with van der Waals surface area (Å²) in [7, 11) is 3.29. The predicted molar refractivity (Wildman–Crippen MR) is 115 cm³/mol. The van der Waals surface area contributed by atoms with E-state index in [9.17, 15) is 9.18 Å². The zero-order valence-electron chi connectivity index (χ0n) is 18.0. The van der Waals surface area contributed by atoms with Gasteiger partial charge in [-0.15, -0.1) is 0 Å². The van der Waals surface area contributed by atoms with Gasteiger partial charge in [-0.25, -0.2) is 4.39 Å². The second-order valence-corrected chi connectivity index (χ2v) is 8.57. The molecule has 4 heteroatoms. The zero-order chi connectivity index (χ0) is 21.0. The molecule has 3 rings (SSSR count). The topological polar surface area (TPSA) is 29.5 Å². The molecule has 0 saturated heterocycles. The van der Waals surface area contributed by atoms with Crippen LogP contribution < -0.4 is 4.74 Å². The molecule has 3 unspecified atom stereocenters. The standard InChI is InChI=1S/C25H32FNO2/c1-5-6-18-8-7-17(2)22(15-18)19-9-12-21(13-10-19)29-24-14-11-20(16-23(24)26)25(28)27(3)4/h9-14,16-18,22H,5-8,15H2,1-4H3. The van der Waals surface area contributed by atoms with E-state index >= 15 is 0 Å². The van der Waals surface area contributed by atoms with Crippen molar-refractivity contribution in [1.82, 2.24) is 4.90 Å². The molecule has 156 valence electrons. The Bertz CT molecular complexity index is 831. The van der Waals surface area contributed by atoms with Crippen molar-refractivity contribution in [2.75, 3.05) is 14.1 Å². The van der Waals surface area contributed by atoms with Gasteiger partial charge in [0.2, 0.25) is 0 Å². The summed E-state index contributed by atoms with van der Waals surface area (Å²) in [5, 5.41) is 0. The molecule has 0 bridgehead atoms. The average Bonchev–Trinajstić information content (AvgIpc) is 2.71. The number of hydrogen-bond donors (Lipinski definition) is 0. The van der Waals surface area contributed by atoms with Crippen molar-refractivity contribution in [3.8, 4) is 11.5 Å². The summed E-state index contributed by atoms with van der Waals surface area (Å²) >= 11 is 0. The summed E-state index contributed by atoms with van der Waals surface area (Å²) in [5.41, 5.74) is 1.65. The largest absolute Gasteiger partial charge is 0.454 e. The van der Waals surface area contributed by atoms with Crippen LogP contribution in [0.4, 0.5) is 4.39 Å². The van der Waals surface area contributed by atoms with Crippen LogP contribution in [0, 0.1) is 17.7 Å². The van der Waals surface area contributed by atoms with Crippen molar-refractivity contribution >= 4 is 5.91 Å². The van der Waals surface area contributed by atoms with Crippen LogP contribution in [0.15, 0.2) is 42.5 Å². The molecule has 1 saturated carbocycles. The normalized spacial score (nSPS) is 21.6. The van der Waals surface area contributed by atoms with Crippen LogP contribution in [-0.4, -0.2) is 24.9 Å². The summed E-state index contributed by atoms with van der Waals surface area (Å²) in [6.45, 7) is 4.62. The first-order valence-electron chi connectivity index (χ1n) is 10.7. The van der Waals surface area contributed by atoms with Crippen LogP contribution in [0.25, 0.3) is 0 Å². The maximum atomic E-state index is 14.4. The number of benzene rings is 2. The summed E-state index contributed by atoms with van der Waals surface area (Å²) in [6, 6.07) is 12.4. The van der Waals surface area contributed by atoms with Crippen molar-refractivity contribution in [2.45, 2.75) is 51.9 Å². The summed E-state index contributed by atoms with van der Waals surface area (Å²) in [6.07, 6.45) is 6.46. The lowest BCUT2D eigenvalue weighted by Gasteiger charge is -2.34. The second-order valence-electron chi connectivity index (χ2n) is 8.57. The Morgan fingerprint density at radius 2 is 1.86 bits per heavy atom. The summed E-state index contributed by atoms with van der Waals surface area (Å²) < 4.78 is 20.1. The Morgan fingerprint density at radius 3 is 2.48 bits per heavy atom. The number of halogens is 1. The average molecular weight is 398 g/mol. The van der Waals surface area contributed by atoms with Crippen LogP contribution in [0.3, 0.4) is 0 Å². The Morgan fingerprint density at radius 1 is 1.14 bits per heavy atom. The quantitative estimate of drug-likeness (QED) is 0.547. The van der Waals surface area contributed by atoms with Gasteiger partial charge >= 0.3 is 0 Å². The lowest BCUT2D eigenvalue weighted by atomic mass is 9.71. The van der Waals surface area contributed by atoms with Gasteiger partial charge in [-0.05, 0) is 66.5 Å². The lowest BCUT2D eigenvalue weighted by molar-refractivity contribution is 0.0827. The molecule has 0 aromatic heterocycles. The van der Waals surface area contributed by atoms with E-state index in [-0.39, 0.29) is 11.7 Å². The molecule has 2 aromatic rings. The number of ether oxygens (including phenoxy) is 1. The van der Waals surface area contributed by atoms with Crippen molar-refractivity contribution in [3.63, 3.8) is 0 Å². The number of carbonyl (C=O) groups excluding carboxylic acids is 1. The minimum absolute atomic E-state index is 0.127. The van der Waals surface area contributed by atoms with E-state index in [1.165, 1.54) is 54.7 Å². The van der Waals surface area contributed by atoms with Crippen molar-refractivity contribution in [3.05, 3.63) is 59.4 Å². The van der Waals surface area contributed by atoms with Gasteiger partial charge in [0.25, 0.3) is 5.91 Å². The molecule has 0 aliphatic heterocycles. The fourth-order valence-corrected chi connectivity index (χ4v) is 4.43. The first-order valence-corrected chi connectivity index (χ1v) is 10.7.